The van der Waals surface area contributed by atoms with Crippen molar-refractivity contribution in [1.29, 1.82) is 0 Å². The molecule has 0 aromatic heterocycles. The van der Waals surface area contributed by atoms with Crippen LogP contribution in [0.15, 0.2) is 0 Å². The van der Waals surface area contributed by atoms with Crippen LogP contribution >= 0.6 is 0 Å². The zero-order chi connectivity index (χ0) is 13.6. The number of nitrogens with zero attached hydrogens (tertiary/aromatic N) is 1. The summed E-state index contributed by atoms with van der Waals surface area (Å²) in [5, 5.41) is 0. The minimum Gasteiger partial charge on any atom is -0.385 e. The van der Waals surface area contributed by atoms with Gasteiger partial charge in [-0.15, -0.1) is 0 Å². The molecule has 1 unspecified atom stereocenters. The van der Waals surface area contributed by atoms with E-state index in [0.29, 0.717) is 0 Å². The second kappa shape index (κ2) is 13.4. The van der Waals surface area contributed by atoms with Crippen LogP contribution in [0.2, 0.25) is 0 Å². The molecule has 0 saturated heterocycles. The molecule has 0 amide bonds. The van der Waals surface area contributed by atoms with Gasteiger partial charge in [-0.1, -0.05) is 51.9 Å². The van der Waals surface area contributed by atoms with E-state index < -0.39 is 0 Å². The third-order valence-corrected chi connectivity index (χ3v) is 3.76. The van der Waals surface area contributed by atoms with Gasteiger partial charge in [0.05, 0.1) is 0 Å². The zero-order valence-corrected chi connectivity index (χ0v) is 13.2. The van der Waals surface area contributed by atoms with Gasteiger partial charge in [0.2, 0.25) is 0 Å². The van der Waals surface area contributed by atoms with Crippen molar-refractivity contribution in [2.24, 2.45) is 0 Å². The van der Waals surface area contributed by atoms with Gasteiger partial charge in [-0.25, -0.2) is 0 Å². The summed E-state index contributed by atoms with van der Waals surface area (Å²) in [4.78, 5) is 2.38. The summed E-state index contributed by atoms with van der Waals surface area (Å²) in [6.45, 7) is 3.18. The van der Waals surface area contributed by atoms with Gasteiger partial charge in [0.1, 0.15) is 0 Å². The van der Waals surface area contributed by atoms with Gasteiger partial charge in [-0.2, -0.15) is 0 Å². The van der Waals surface area contributed by atoms with E-state index in [0.717, 1.165) is 12.6 Å². The smallest absolute Gasteiger partial charge is 0.0462 e. The standard InChI is InChI=1S/C16H35NO/c1-5-6-7-8-9-10-11-13-16(17(2)3)14-12-15-18-4/h16H,5-15H2,1-4H3. The molecule has 0 fully saturated rings. The van der Waals surface area contributed by atoms with E-state index in [1.54, 1.807) is 7.11 Å². The Balaban J connectivity index is 3.46. The molecular formula is C16H35NO. The Labute approximate surface area is 115 Å². The summed E-state index contributed by atoms with van der Waals surface area (Å²) in [5.41, 5.74) is 0. The maximum Gasteiger partial charge on any atom is 0.0462 e. The Hall–Kier alpha value is -0.0800. The SMILES string of the molecule is CCCCCCCCCC(CCCOC)N(C)C. The van der Waals surface area contributed by atoms with Crippen molar-refractivity contribution in [1.82, 2.24) is 4.90 Å². The van der Waals surface area contributed by atoms with Crippen LogP contribution in [0.3, 0.4) is 0 Å². The molecule has 0 radical (unpaired) electrons. The summed E-state index contributed by atoms with van der Waals surface area (Å²) >= 11 is 0. The largest absolute Gasteiger partial charge is 0.385 e. The van der Waals surface area contributed by atoms with Crippen LogP contribution in [0.4, 0.5) is 0 Å². The van der Waals surface area contributed by atoms with Crippen LogP contribution in [0, 0.1) is 0 Å². The highest BCUT2D eigenvalue weighted by Gasteiger charge is 2.10. The van der Waals surface area contributed by atoms with Gasteiger partial charge in [0.25, 0.3) is 0 Å². The number of unbranched alkanes of at least 4 members (excludes halogenated alkanes) is 6. The fraction of sp³-hybridized carbons (Fsp3) is 1.00. The van der Waals surface area contributed by atoms with Crippen molar-refractivity contribution in [3.63, 3.8) is 0 Å². The third kappa shape index (κ3) is 11.0. The van der Waals surface area contributed by atoms with E-state index in [2.05, 4.69) is 25.9 Å². The molecule has 0 aliphatic rings. The van der Waals surface area contributed by atoms with E-state index in [-0.39, 0.29) is 0 Å². The van der Waals surface area contributed by atoms with Crippen LogP contribution in [0.5, 0.6) is 0 Å². The summed E-state index contributed by atoms with van der Waals surface area (Å²) in [7, 11) is 6.21. The van der Waals surface area contributed by atoms with E-state index in [1.165, 1.54) is 64.2 Å². The average Bonchev–Trinajstić information content (AvgIpc) is 2.35. The lowest BCUT2D eigenvalue weighted by Gasteiger charge is -2.24. The highest BCUT2D eigenvalue weighted by molar-refractivity contribution is 4.66. The minimum absolute atomic E-state index is 0.746. The van der Waals surface area contributed by atoms with Crippen molar-refractivity contribution >= 4 is 0 Å². The van der Waals surface area contributed by atoms with E-state index in [1.807, 2.05) is 0 Å². The fourth-order valence-electron chi connectivity index (χ4n) is 2.46. The monoisotopic (exact) mass is 257 g/mol. The van der Waals surface area contributed by atoms with Crippen molar-refractivity contribution in [3.8, 4) is 0 Å². The number of rotatable bonds is 13. The molecule has 2 heteroatoms. The predicted molar refractivity (Wildman–Crippen MR) is 81.2 cm³/mol. The van der Waals surface area contributed by atoms with Crippen LogP contribution < -0.4 is 0 Å². The first-order valence-corrected chi connectivity index (χ1v) is 7.87. The normalized spacial score (nSPS) is 13.2. The Morgan fingerprint density at radius 3 is 1.94 bits per heavy atom. The summed E-state index contributed by atoms with van der Waals surface area (Å²) in [6, 6.07) is 0.746. The lowest BCUT2D eigenvalue weighted by molar-refractivity contribution is 0.173. The molecule has 0 saturated carbocycles. The van der Waals surface area contributed by atoms with Gasteiger partial charge >= 0.3 is 0 Å². The first kappa shape index (κ1) is 17.9. The van der Waals surface area contributed by atoms with Crippen molar-refractivity contribution in [2.45, 2.75) is 77.2 Å². The van der Waals surface area contributed by atoms with Crippen LogP contribution in [0.1, 0.15) is 71.1 Å². The molecule has 0 spiro atoms. The van der Waals surface area contributed by atoms with Crippen LogP contribution in [-0.4, -0.2) is 38.8 Å². The molecule has 2 nitrogen and oxygen atoms in total. The van der Waals surface area contributed by atoms with E-state index >= 15 is 0 Å². The Kier molecular flexibility index (Phi) is 13.3. The van der Waals surface area contributed by atoms with E-state index in [9.17, 15) is 0 Å². The molecule has 0 aliphatic carbocycles. The molecule has 110 valence electrons. The molecule has 18 heavy (non-hydrogen) atoms. The zero-order valence-electron chi connectivity index (χ0n) is 13.2. The van der Waals surface area contributed by atoms with Gasteiger partial charge in [-0.3, -0.25) is 0 Å². The summed E-state index contributed by atoms with van der Waals surface area (Å²) in [6.07, 6.45) is 13.7. The predicted octanol–water partition coefficient (Wildman–Crippen LogP) is 4.48. The van der Waals surface area contributed by atoms with Crippen molar-refractivity contribution < 1.29 is 4.74 Å². The van der Waals surface area contributed by atoms with Crippen molar-refractivity contribution in [2.75, 3.05) is 27.8 Å². The first-order chi connectivity index (χ1) is 8.72. The van der Waals surface area contributed by atoms with Gasteiger partial charge in [-0.05, 0) is 33.4 Å². The summed E-state index contributed by atoms with van der Waals surface area (Å²) in [5.74, 6) is 0. The molecule has 0 rings (SSSR count). The molecular weight excluding hydrogens is 222 g/mol. The molecule has 0 aliphatic heterocycles. The molecule has 0 heterocycles. The highest BCUT2D eigenvalue weighted by atomic mass is 16.5. The van der Waals surface area contributed by atoms with E-state index in [4.69, 9.17) is 4.74 Å². The third-order valence-electron chi connectivity index (χ3n) is 3.76. The number of methoxy groups -OCH3 is 1. The molecule has 0 aromatic carbocycles. The molecule has 0 bridgehead atoms. The van der Waals surface area contributed by atoms with Gasteiger partial charge in [0, 0.05) is 19.8 Å². The van der Waals surface area contributed by atoms with Gasteiger partial charge in [0.15, 0.2) is 0 Å². The topological polar surface area (TPSA) is 12.5 Å². The van der Waals surface area contributed by atoms with Crippen LogP contribution in [-0.2, 0) is 4.74 Å². The Bertz CT molecular complexity index is 159. The average molecular weight is 257 g/mol. The minimum atomic E-state index is 0.746. The lowest BCUT2D eigenvalue weighted by atomic mass is 10.0. The number of hydrogen-bond acceptors (Lipinski definition) is 2. The highest BCUT2D eigenvalue weighted by Crippen LogP contribution is 2.14. The maximum absolute atomic E-state index is 5.13. The molecule has 1 atom stereocenters. The number of ether oxygens (including phenoxy) is 1. The molecule has 0 N–H and O–H groups in total. The number of hydrogen-bond donors (Lipinski definition) is 0. The van der Waals surface area contributed by atoms with Crippen LogP contribution in [0.25, 0.3) is 0 Å². The second-order valence-electron chi connectivity index (χ2n) is 5.66. The Morgan fingerprint density at radius 2 is 1.39 bits per heavy atom. The lowest BCUT2D eigenvalue weighted by Crippen LogP contribution is -2.28. The van der Waals surface area contributed by atoms with Gasteiger partial charge < -0.3 is 9.64 Å². The maximum atomic E-state index is 5.13. The summed E-state index contributed by atoms with van der Waals surface area (Å²) < 4.78 is 5.13. The van der Waals surface area contributed by atoms with Crippen molar-refractivity contribution in [3.05, 3.63) is 0 Å². The quantitative estimate of drug-likeness (QED) is 0.451. The molecule has 0 aromatic rings. The second-order valence-corrected chi connectivity index (χ2v) is 5.66. The first-order valence-electron chi connectivity index (χ1n) is 7.87. The fourth-order valence-corrected chi connectivity index (χ4v) is 2.46. The Morgan fingerprint density at radius 1 is 0.833 bits per heavy atom.